The average Bonchev–Trinajstić information content (AvgIpc) is 2.36. The smallest absolute Gasteiger partial charge is 0.143 e. The molecule has 2 aromatic rings. The van der Waals surface area contributed by atoms with Gasteiger partial charge >= 0.3 is 0 Å². The van der Waals surface area contributed by atoms with Crippen LogP contribution >= 0.6 is 23.2 Å². The molecule has 0 unspecified atom stereocenters. The van der Waals surface area contributed by atoms with Crippen LogP contribution in [0.4, 0.5) is 20.2 Å². The molecule has 19 heavy (non-hydrogen) atoms. The van der Waals surface area contributed by atoms with Gasteiger partial charge in [0.15, 0.2) is 0 Å². The van der Waals surface area contributed by atoms with Gasteiger partial charge in [-0.25, -0.2) is 8.78 Å². The Bertz CT molecular complexity index is 618. The third kappa shape index (κ3) is 3.28. The topological polar surface area (TPSA) is 38.0 Å². The summed E-state index contributed by atoms with van der Waals surface area (Å²) in [6, 6.07) is 6.92. The standard InChI is InChI=1S/C13H10Cl2F2N2/c14-8-3-7(1-2-10(8)16)6-19-13-4-9(15)11(17)5-12(13)18/h1-5,19H,6,18H2. The van der Waals surface area contributed by atoms with Crippen molar-refractivity contribution in [3.05, 3.63) is 57.6 Å². The number of nitrogen functional groups attached to an aromatic ring is 1. The Hall–Kier alpha value is -1.52. The lowest BCUT2D eigenvalue weighted by molar-refractivity contribution is 0.627. The predicted molar refractivity (Wildman–Crippen MR) is 74.6 cm³/mol. The molecule has 0 fully saturated rings. The molecule has 0 radical (unpaired) electrons. The number of nitrogens with one attached hydrogen (secondary N) is 1. The third-order valence-electron chi connectivity index (χ3n) is 2.56. The van der Waals surface area contributed by atoms with Crippen molar-refractivity contribution in [1.29, 1.82) is 0 Å². The summed E-state index contributed by atoms with van der Waals surface area (Å²) in [5.41, 5.74) is 7.18. The number of hydrogen-bond donors (Lipinski definition) is 2. The van der Waals surface area contributed by atoms with Crippen LogP contribution in [0.25, 0.3) is 0 Å². The first-order chi connectivity index (χ1) is 8.97. The third-order valence-corrected chi connectivity index (χ3v) is 3.14. The highest BCUT2D eigenvalue weighted by Crippen LogP contribution is 2.27. The van der Waals surface area contributed by atoms with E-state index < -0.39 is 11.6 Å². The van der Waals surface area contributed by atoms with E-state index in [1.807, 2.05) is 0 Å². The van der Waals surface area contributed by atoms with Crippen molar-refractivity contribution in [2.24, 2.45) is 0 Å². The molecule has 0 heterocycles. The van der Waals surface area contributed by atoms with Crippen molar-refractivity contribution in [2.45, 2.75) is 6.54 Å². The Morgan fingerprint density at radius 2 is 1.68 bits per heavy atom. The minimum absolute atomic E-state index is 0.0196. The first-order valence-electron chi connectivity index (χ1n) is 5.39. The molecule has 0 aliphatic heterocycles. The maximum Gasteiger partial charge on any atom is 0.143 e. The Labute approximate surface area is 119 Å². The van der Waals surface area contributed by atoms with Crippen LogP contribution in [0.2, 0.25) is 10.0 Å². The molecule has 0 spiro atoms. The van der Waals surface area contributed by atoms with Gasteiger partial charge in [0.05, 0.1) is 21.4 Å². The monoisotopic (exact) mass is 302 g/mol. The molecular formula is C13H10Cl2F2N2. The van der Waals surface area contributed by atoms with Crippen LogP contribution in [0.3, 0.4) is 0 Å². The first kappa shape index (κ1) is 13.9. The number of benzene rings is 2. The molecule has 0 aromatic heterocycles. The van der Waals surface area contributed by atoms with Gasteiger partial charge in [0.25, 0.3) is 0 Å². The molecule has 6 heteroatoms. The highest BCUT2D eigenvalue weighted by molar-refractivity contribution is 6.31. The summed E-state index contributed by atoms with van der Waals surface area (Å²) < 4.78 is 26.1. The SMILES string of the molecule is Nc1cc(F)c(Cl)cc1NCc1ccc(F)c(Cl)c1. The highest BCUT2D eigenvalue weighted by Gasteiger charge is 2.07. The fourth-order valence-electron chi connectivity index (χ4n) is 1.56. The van der Waals surface area contributed by atoms with Crippen molar-refractivity contribution in [2.75, 3.05) is 11.1 Å². The Balaban J connectivity index is 2.14. The normalized spacial score (nSPS) is 10.5. The number of anilines is 2. The first-order valence-corrected chi connectivity index (χ1v) is 6.15. The summed E-state index contributed by atoms with van der Waals surface area (Å²) >= 11 is 11.3. The molecule has 0 atom stereocenters. The summed E-state index contributed by atoms with van der Waals surface area (Å²) in [6.45, 7) is 0.367. The summed E-state index contributed by atoms with van der Waals surface area (Å²) in [6.07, 6.45) is 0. The van der Waals surface area contributed by atoms with E-state index in [1.54, 1.807) is 6.07 Å². The second-order valence-electron chi connectivity index (χ2n) is 3.96. The molecule has 2 rings (SSSR count). The average molecular weight is 303 g/mol. The van der Waals surface area contributed by atoms with E-state index in [0.717, 1.165) is 11.6 Å². The number of halogens is 4. The summed E-state index contributed by atoms with van der Waals surface area (Å²) in [5.74, 6) is -1.05. The van der Waals surface area contributed by atoms with E-state index in [0.29, 0.717) is 12.2 Å². The molecule has 3 N–H and O–H groups in total. The lowest BCUT2D eigenvalue weighted by atomic mass is 10.2. The van der Waals surface area contributed by atoms with Gasteiger partial charge in [-0.05, 0) is 23.8 Å². The molecule has 0 bridgehead atoms. The fourth-order valence-corrected chi connectivity index (χ4v) is 1.93. The number of rotatable bonds is 3. The zero-order chi connectivity index (χ0) is 14.0. The molecule has 0 aliphatic rings. The van der Waals surface area contributed by atoms with Gasteiger partial charge in [-0.15, -0.1) is 0 Å². The molecule has 0 amide bonds. The van der Waals surface area contributed by atoms with Crippen LogP contribution in [0.5, 0.6) is 0 Å². The van der Waals surface area contributed by atoms with Crippen LogP contribution in [0.15, 0.2) is 30.3 Å². The van der Waals surface area contributed by atoms with Gasteiger partial charge in [-0.3, -0.25) is 0 Å². The van der Waals surface area contributed by atoms with Gasteiger partial charge < -0.3 is 11.1 Å². The summed E-state index contributed by atoms with van der Waals surface area (Å²) in [7, 11) is 0. The van der Waals surface area contributed by atoms with Crippen molar-refractivity contribution in [1.82, 2.24) is 0 Å². The lowest BCUT2D eigenvalue weighted by Gasteiger charge is -2.10. The maximum absolute atomic E-state index is 13.1. The largest absolute Gasteiger partial charge is 0.397 e. The van der Waals surface area contributed by atoms with E-state index in [9.17, 15) is 8.78 Å². The van der Waals surface area contributed by atoms with E-state index >= 15 is 0 Å². The van der Waals surface area contributed by atoms with E-state index in [4.69, 9.17) is 28.9 Å². The Morgan fingerprint density at radius 1 is 1.00 bits per heavy atom. The van der Waals surface area contributed by atoms with Gasteiger partial charge in [-0.1, -0.05) is 29.3 Å². The molecular weight excluding hydrogens is 293 g/mol. The van der Waals surface area contributed by atoms with E-state index in [-0.39, 0.29) is 15.7 Å². The van der Waals surface area contributed by atoms with Gasteiger partial charge in [0.2, 0.25) is 0 Å². The van der Waals surface area contributed by atoms with Crippen LogP contribution < -0.4 is 11.1 Å². The van der Waals surface area contributed by atoms with Gasteiger partial charge in [0, 0.05) is 12.6 Å². The number of hydrogen-bond acceptors (Lipinski definition) is 2. The van der Waals surface area contributed by atoms with Crippen LogP contribution in [-0.4, -0.2) is 0 Å². The molecule has 100 valence electrons. The fraction of sp³-hybridized carbons (Fsp3) is 0.0769. The second kappa shape index (κ2) is 5.63. The number of nitrogens with two attached hydrogens (primary N) is 1. The Kier molecular flexibility index (Phi) is 4.12. The van der Waals surface area contributed by atoms with Crippen LogP contribution in [0.1, 0.15) is 5.56 Å². The summed E-state index contributed by atoms with van der Waals surface area (Å²) in [4.78, 5) is 0. The van der Waals surface area contributed by atoms with Crippen molar-refractivity contribution in [3.63, 3.8) is 0 Å². The summed E-state index contributed by atoms with van der Waals surface area (Å²) in [5, 5.41) is 3.01. The predicted octanol–water partition coefficient (Wildman–Crippen LogP) is 4.47. The molecule has 2 aromatic carbocycles. The molecule has 0 aliphatic carbocycles. The molecule has 0 saturated carbocycles. The maximum atomic E-state index is 13.1. The molecule has 2 nitrogen and oxygen atoms in total. The van der Waals surface area contributed by atoms with E-state index in [2.05, 4.69) is 5.32 Å². The van der Waals surface area contributed by atoms with E-state index in [1.165, 1.54) is 18.2 Å². The van der Waals surface area contributed by atoms with Crippen molar-refractivity contribution < 1.29 is 8.78 Å². The minimum atomic E-state index is -0.574. The highest BCUT2D eigenvalue weighted by atomic mass is 35.5. The second-order valence-corrected chi connectivity index (χ2v) is 4.77. The minimum Gasteiger partial charge on any atom is -0.397 e. The van der Waals surface area contributed by atoms with Gasteiger partial charge in [0.1, 0.15) is 11.6 Å². The van der Waals surface area contributed by atoms with Crippen molar-refractivity contribution in [3.8, 4) is 0 Å². The van der Waals surface area contributed by atoms with Crippen LogP contribution in [-0.2, 0) is 6.54 Å². The van der Waals surface area contributed by atoms with Gasteiger partial charge in [-0.2, -0.15) is 0 Å². The zero-order valence-corrected chi connectivity index (χ0v) is 11.2. The molecule has 0 saturated heterocycles. The van der Waals surface area contributed by atoms with Crippen molar-refractivity contribution >= 4 is 34.6 Å². The lowest BCUT2D eigenvalue weighted by Crippen LogP contribution is -2.03. The zero-order valence-electron chi connectivity index (χ0n) is 9.68. The Morgan fingerprint density at radius 3 is 2.37 bits per heavy atom. The quantitative estimate of drug-likeness (QED) is 0.821. The van der Waals surface area contributed by atoms with Crippen LogP contribution in [0, 0.1) is 11.6 Å².